The number of aromatic nitrogens is 3. The summed E-state index contributed by atoms with van der Waals surface area (Å²) >= 11 is 0. The summed E-state index contributed by atoms with van der Waals surface area (Å²) in [5, 5.41) is 2.96. The fraction of sp³-hybridized carbons (Fsp3) is 0.292. The molecule has 8 nitrogen and oxygen atoms in total. The molecule has 0 atom stereocenters. The predicted molar refractivity (Wildman–Crippen MR) is 126 cm³/mol. The van der Waals surface area contributed by atoms with Crippen LogP contribution in [0.25, 0.3) is 22.2 Å². The Morgan fingerprint density at radius 1 is 1.03 bits per heavy atom. The number of para-hydroxylation sites is 2. The number of nitrogens with two attached hydrogens (primary N) is 1. The zero-order chi connectivity index (χ0) is 22.1. The van der Waals surface area contributed by atoms with Gasteiger partial charge >= 0.3 is 0 Å². The Morgan fingerprint density at radius 2 is 1.72 bits per heavy atom. The lowest BCUT2D eigenvalue weighted by molar-refractivity contribution is 0.0366. The minimum atomic E-state index is -0.286. The molecule has 1 fully saturated rings. The molecule has 0 spiro atoms. The van der Waals surface area contributed by atoms with Crippen LogP contribution in [0.1, 0.15) is 15.9 Å². The van der Waals surface area contributed by atoms with E-state index in [2.05, 4.69) is 10.2 Å². The van der Waals surface area contributed by atoms with E-state index in [1.54, 1.807) is 0 Å². The number of rotatable bonds is 5. The van der Waals surface area contributed by atoms with Crippen LogP contribution in [0.5, 0.6) is 0 Å². The molecule has 4 aromatic rings. The maximum absolute atomic E-state index is 13.3. The number of carbonyl (C=O) groups is 1. The van der Waals surface area contributed by atoms with Gasteiger partial charge in [0.05, 0.1) is 24.2 Å². The quantitative estimate of drug-likeness (QED) is 0.505. The van der Waals surface area contributed by atoms with Crippen LogP contribution in [-0.4, -0.2) is 58.2 Å². The molecule has 0 bridgehead atoms. The Kier molecular flexibility index (Phi) is 5.46. The molecule has 164 valence electrons. The third kappa shape index (κ3) is 3.90. The van der Waals surface area contributed by atoms with Crippen molar-refractivity contribution in [1.82, 2.24) is 19.4 Å². The van der Waals surface area contributed by atoms with Gasteiger partial charge in [-0.25, -0.2) is 9.97 Å². The molecular weight excluding hydrogens is 404 g/mol. The molecule has 0 aliphatic carbocycles. The summed E-state index contributed by atoms with van der Waals surface area (Å²) < 4.78 is 7.36. The van der Waals surface area contributed by atoms with E-state index < -0.39 is 0 Å². The first-order chi connectivity index (χ1) is 15.6. The van der Waals surface area contributed by atoms with Gasteiger partial charge in [-0.05, 0) is 31.2 Å². The van der Waals surface area contributed by atoms with E-state index in [1.807, 2.05) is 60.0 Å². The highest BCUT2D eigenvalue weighted by Crippen LogP contribution is 2.29. The van der Waals surface area contributed by atoms with Crippen LogP contribution in [-0.2, 0) is 11.3 Å². The van der Waals surface area contributed by atoms with E-state index in [9.17, 15) is 4.79 Å². The fourth-order valence-electron chi connectivity index (χ4n) is 4.06. The Hall–Kier alpha value is -3.49. The first-order valence-corrected chi connectivity index (χ1v) is 10.8. The van der Waals surface area contributed by atoms with Gasteiger partial charge in [0, 0.05) is 31.9 Å². The van der Waals surface area contributed by atoms with Crippen molar-refractivity contribution in [2.75, 3.05) is 43.9 Å². The maximum atomic E-state index is 13.3. The molecule has 1 aliphatic heterocycles. The highest BCUT2D eigenvalue weighted by molar-refractivity contribution is 6.16. The number of benzene rings is 2. The van der Waals surface area contributed by atoms with E-state index >= 15 is 0 Å². The Bertz CT molecular complexity index is 1280. The van der Waals surface area contributed by atoms with Gasteiger partial charge in [0.25, 0.3) is 5.91 Å². The number of amides is 1. The minimum Gasteiger partial charge on any atom is -0.384 e. The van der Waals surface area contributed by atoms with Crippen LogP contribution < -0.4 is 11.1 Å². The number of morpholine rings is 1. The number of nitrogen functional groups attached to an aromatic ring is 1. The van der Waals surface area contributed by atoms with Crippen LogP contribution in [0.3, 0.4) is 0 Å². The van der Waals surface area contributed by atoms with E-state index in [1.165, 1.54) is 0 Å². The second-order valence-electron chi connectivity index (χ2n) is 8.07. The normalized spacial score (nSPS) is 14.8. The summed E-state index contributed by atoms with van der Waals surface area (Å²) in [5.41, 5.74) is 11.4. The summed E-state index contributed by atoms with van der Waals surface area (Å²) in [7, 11) is 0. The molecule has 3 heterocycles. The first kappa shape index (κ1) is 20.4. The third-order valence-corrected chi connectivity index (χ3v) is 5.87. The number of hydrogen-bond acceptors (Lipinski definition) is 6. The van der Waals surface area contributed by atoms with Gasteiger partial charge in [0.15, 0.2) is 5.65 Å². The maximum Gasteiger partial charge on any atom is 0.261 e. The number of anilines is 2. The zero-order valence-electron chi connectivity index (χ0n) is 18.0. The second kappa shape index (κ2) is 8.57. The predicted octanol–water partition coefficient (Wildman–Crippen LogP) is 3.06. The fourth-order valence-corrected chi connectivity index (χ4v) is 4.06. The molecule has 0 saturated carbocycles. The Morgan fingerprint density at radius 3 is 2.44 bits per heavy atom. The summed E-state index contributed by atoms with van der Waals surface area (Å²) in [6, 6.07) is 15.3. The molecule has 1 aliphatic rings. The van der Waals surface area contributed by atoms with Crippen molar-refractivity contribution < 1.29 is 9.53 Å². The molecule has 5 rings (SSSR count). The number of nitrogens with one attached hydrogen (secondary N) is 1. The highest BCUT2D eigenvalue weighted by atomic mass is 16.5. The average molecular weight is 431 g/mol. The topological polar surface area (TPSA) is 98.3 Å². The average Bonchev–Trinajstić information content (AvgIpc) is 3.08. The van der Waals surface area contributed by atoms with Crippen molar-refractivity contribution in [2.24, 2.45) is 0 Å². The van der Waals surface area contributed by atoms with Gasteiger partial charge in [-0.1, -0.05) is 29.8 Å². The monoisotopic (exact) mass is 430 g/mol. The van der Waals surface area contributed by atoms with Crippen molar-refractivity contribution in [3.8, 4) is 0 Å². The minimum absolute atomic E-state index is 0.286. The highest BCUT2D eigenvalue weighted by Gasteiger charge is 2.24. The van der Waals surface area contributed by atoms with Crippen molar-refractivity contribution in [1.29, 1.82) is 0 Å². The van der Waals surface area contributed by atoms with Crippen LogP contribution in [0, 0.1) is 6.92 Å². The van der Waals surface area contributed by atoms with Crippen LogP contribution in [0.4, 0.5) is 11.5 Å². The molecule has 8 heteroatoms. The van der Waals surface area contributed by atoms with Gasteiger partial charge in [0.2, 0.25) is 0 Å². The third-order valence-electron chi connectivity index (χ3n) is 5.87. The number of aryl methyl sites for hydroxylation is 1. The molecule has 1 amide bonds. The first-order valence-electron chi connectivity index (χ1n) is 10.8. The van der Waals surface area contributed by atoms with Gasteiger partial charge < -0.3 is 20.4 Å². The Labute approximate surface area is 186 Å². The largest absolute Gasteiger partial charge is 0.384 e. The van der Waals surface area contributed by atoms with E-state index in [4.69, 9.17) is 20.4 Å². The van der Waals surface area contributed by atoms with Crippen LogP contribution in [0.15, 0.2) is 48.5 Å². The molecule has 1 saturated heterocycles. The molecule has 0 radical (unpaired) electrons. The summed E-state index contributed by atoms with van der Waals surface area (Å²) in [5.74, 6) is 0.0965. The van der Waals surface area contributed by atoms with Crippen molar-refractivity contribution in [2.45, 2.75) is 13.5 Å². The van der Waals surface area contributed by atoms with E-state index in [0.717, 1.165) is 49.4 Å². The number of hydrogen-bond donors (Lipinski definition) is 2. The number of fused-ring (bicyclic) bond motifs is 2. The number of nitrogens with zero attached hydrogens (tertiary/aromatic N) is 4. The van der Waals surface area contributed by atoms with Gasteiger partial charge in [-0.2, -0.15) is 0 Å². The zero-order valence-corrected chi connectivity index (χ0v) is 18.0. The lowest BCUT2D eigenvalue weighted by Gasteiger charge is -2.26. The summed E-state index contributed by atoms with van der Waals surface area (Å²) in [6.45, 7) is 6.65. The lowest BCUT2D eigenvalue weighted by Crippen LogP contribution is -2.38. The molecular formula is C24H26N6O2. The Balaban J connectivity index is 1.55. The molecule has 3 N–H and O–H groups in total. The summed E-state index contributed by atoms with van der Waals surface area (Å²) in [6.07, 6.45) is 0. The lowest BCUT2D eigenvalue weighted by atomic mass is 10.2. The second-order valence-corrected chi connectivity index (χ2v) is 8.07. The van der Waals surface area contributed by atoms with Crippen molar-refractivity contribution >= 4 is 39.6 Å². The van der Waals surface area contributed by atoms with Crippen LogP contribution >= 0.6 is 0 Å². The molecule has 0 unspecified atom stereocenters. The molecule has 2 aromatic heterocycles. The number of ether oxygens (including phenoxy) is 1. The van der Waals surface area contributed by atoms with Crippen LogP contribution in [0.2, 0.25) is 0 Å². The SMILES string of the molecule is Cc1ccc(NC(=O)c2c(N)n(CCN3CCOCC3)c3nc4ccccc4nc23)cc1. The van der Waals surface area contributed by atoms with Gasteiger partial charge in [-0.15, -0.1) is 0 Å². The number of carbonyl (C=O) groups excluding carboxylic acids is 1. The van der Waals surface area contributed by atoms with Crippen molar-refractivity contribution in [3.63, 3.8) is 0 Å². The van der Waals surface area contributed by atoms with Gasteiger partial charge in [-0.3, -0.25) is 9.69 Å². The van der Waals surface area contributed by atoms with E-state index in [0.29, 0.717) is 34.8 Å². The standard InChI is InChI=1S/C24H26N6O2/c1-16-6-8-17(9-7-16)26-24(31)20-21-23(28-19-5-3-2-4-18(19)27-21)30(22(20)25)11-10-29-12-14-32-15-13-29/h2-9H,10-15,25H2,1H3,(H,26,31). The smallest absolute Gasteiger partial charge is 0.261 e. The van der Waals surface area contributed by atoms with Gasteiger partial charge in [0.1, 0.15) is 16.9 Å². The molecule has 2 aromatic carbocycles. The molecule has 32 heavy (non-hydrogen) atoms. The van der Waals surface area contributed by atoms with E-state index in [-0.39, 0.29) is 5.91 Å². The summed E-state index contributed by atoms with van der Waals surface area (Å²) in [4.78, 5) is 25.2. The van der Waals surface area contributed by atoms with Crippen molar-refractivity contribution in [3.05, 3.63) is 59.7 Å².